The fourth-order valence-electron chi connectivity index (χ4n) is 2.12. The van der Waals surface area contributed by atoms with E-state index in [4.69, 9.17) is 9.47 Å². The Hall–Kier alpha value is -2.47. The normalized spacial score (nSPS) is 10.2. The van der Waals surface area contributed by atoms with Crippen molar-refractivity contribution in [3.63, 3.8) is 0 Å². The molecule has 6 heteroatoms. The lowest BCUT2D eigenvalue weighted by Crippen LogP contribution is -2.15. The monoisotopic (exact) mass is 359 g/mol. The van der Waals surface area contributed by atoms with E-state index in [9.17, 15) is 9.59 Å². The van der Waals surface area contributed by atoms with Crippen LogP contribution in [0.15, 0.2) is 48.5 Å². The minimum Gasteiger partial charge on any atom is -0.497 e. The second kappa shape index (κ2) is 9.74. The molecule has 0 radical (unpaired) electrons. The summed E-state index contributed by atoms with van der Waals surface area (Å²) in [4.78, 5) is 23.8. The van der Waals surface area contributed by atoms with Crippen LogP contribution in [-0.4, -0.2) is 31.3 Å². The minimum atomic E-state index is -0.396. The largest absolute Gasteiger partial charge is 0.497 e. The quantitative estimate of drug-likeness (QED) is 0.727. The highest BCUT2D eigenvalue weighted by molar-refractivity contribution is 7.99. The summed E-state index contributed by atoms with van der Waals surface area (Å²) in [5, 5.41) is 2.80. The molecule has 0 saturated heterocycles. The molecule has 2 rings (SSSR count). The molecule has 0 aliphatic heterocycles. The SMILES string of the molecule is CCOC(=O)c1cccc(NC(=O)CSCc2ccc(OC)cc2)c1. The standard InChI is InChI=1S/C19H21NO4S/c1-3-24-19(22)15-5-4-6-16(11-15)20-18(21)13-25-12-14-7-9-17(23-2)10-8-14/h4-11H,3,12-13H2,1-2H3,(H,20,21). The van der Waals surface area contributed by atoms with E-state index in [-0.39, 0.29) is 5.91 Å². The highest BCUT2D eigenvalue weighted by atomic mass is 32.2. The number of amides is 1. The lowest BCUT2D eigenvalue weighted by atomic mass is 10.2. The molecule has 0 spiro atoms. The Bertz CT molecular complexity index is 716. The third-order valence-electron chi connectivity index (χ3n) is 3.32. The molecule has 2 aromatic rings. The van der Waals surface area contributed by atoms with Gasteiger partial charge in [0.05, 0.1) is 25.0 Å². The van der Waals surface area contributed by atoms with Crippen LogP contribution < -0.4 is 10.1 Å². The molecule has 1 amide bonds. The Labute approximate surface area is 151 Å². The molecule has 0 fully saturated rings. The van der Waals surface area contributed by atoms with Gasteiger partial charge in [0, 0.05) is 11.4 Å². The number of methoxy groups -OCH3 is 1. The number of esters is 1. The fraction of sp³-hybridized carbons (Fsp3) is 0.263. The van der Waals surface area contributed by atoms with Crippen LogP contribution >= 0.6 is 11.8 Å². The van der Waals surface area contributed by atoms with Crippen LogP contribution in [0.3, 0.4) is 0 Å². The summed E-state index contributed by atoms with van der Waals surface area (Å²) in [6.07, 6.45) is 0. The van der Waals surface area contributed by atoms with E-state index >= 15 is 0 Å². The van der Waals surface area contributed by atoms with E-state index in [2.05, 4.69) is 5.32 Å². The Morgan fingerprint density at radius 2 is 1.88 bits per heavy atom. The zero-order chi connectivity index (χ0) is 18.1. The third-order valence-corrected chi connectivity index (χ3v) is 4.32. The number of nitrogens with one attached hydrogen (secondary N) is 1. The van der Waals surface area contributed by atoms with Gasteiger partial charge in [0.25, 0.3) is 0 Å². The molecular weight excluding hydrogens is 338 g/mol. The maximum absolute atomic E-state index is 12.0. The molecule has 0 unspecified atom stereocenters. The van der Waals surface area contributed by atoms with Gasteiger partial charge in [-0.25, -0.2) is 4.79 Å². The van der Waals surface area contributed by atoms with Gasteiger partial charge in [0.2, 0.25) is 5.91 Å². The summed E-state index contributed by atoms with van der Waals surface area (Å²) in [5.74, 6) is 1.37. The number of anilines is 1. The van der Waals surface area contributed by atoms with Gasteiger partial charge >= 0.3 is 5.97 Å². The van der Waals surface area contributed by atoms with Crippen molar-refractivity contribution >= 4 is 29.3 Å². The number of benzene rings is 2. The molecule has 0 aliphatic rings. The van der Waals surface area contributed by atoms with E-state index in [0.29, 0.717) is 23.6 Å². The number of hydrogen-bond acceptors (Lipinski definition) is 5. The number of ether oxygens (including phenoxy) is 2. The lowest BCUT2D eigenvalue weighted by Gasteiger charge is -2.07. The average molecular weight is 359 g/mol. The summed E-state index contributed by atoms with van der Waals surface area (Å²) in [7, 11) is 1.63. The first-order chi connectivity index (χ1) is 12.1. The zero-order valence-corrected chi connectivity index (χ0v) is 15.1. The second-order valence-electron chi connectivity index (χ2n) is 5.19. The Kier molecular flexibility index (Phi) is 7.35. The highest BCUT2D eigenvalue weighted by Crippen LogP contribution is 2.17. The van der Waals surface area contributed by atoms with Crippen molar-refractivity contribution in [3.05, 3.63) is 59.7 Å². The molecule has 5 nitrogen and oxygen atoms in total. The molecule has 132 valence electrons. The first kappa shape index (κ1) is 18.9. The predicted octanol–water partition coefficient (Wildman–Crippen LogP) is 3.74. The fourth-order valence-corrected chi connectivity index (χ4v) is 2.91. The molecule has 0 bridgehead atoms. The summed E-state index contributed by atoms with van der Waals surface area (Å²) in [6, 6.07) is 14.5. The zero-order valence-electron chi connectivity index (χ0n) is 14.3. The van der Waals surface area contributed by atoms with Crippen molar-refractivity contribution in [1.82, 2.24) is 0 Å². The summed E-state index contributed by atoms with van der Waals surface area (Å²) in [5.41, 5.74) is 2.13. The molecule has 0 aromatic heterocycles. The van der Waals surface area contributed by atoms with Crippen LogP contribution in [0.1, 0.15) is 22.8 Å². The van der Waals surface area contributed by atoms with Crippen molar-refractivity contribution in [3.8, 4) is 5.75 Å². The van der Waals surface area contributed by atoms with Crippen molar-refractivity contribution in [2.45, 2.75) is 12.7 Å². The maximum atomic E-state index is 12.0. The van der Waals surface area contributed by atoms with Crippen LogP contribution in [0.2, 0.25) is 0 Å². The third kappa shape index (κ3) is 6.15. The van der Waals surface area contributed by atoms with Crippen molar-refractivity contribution in [2.24, 2.45) is 0 Å². The molecular formula is C19H21NO4S. The first-order valence-electron chi connectivity index (χ1n) is 7.90. The Balaban J connectivity index is 1.81. The molecule has 25 heavy (non-hydrogen) atoms. The van der Waals surface area contributed by atoms with Gasteiger partial charge in [0.15, 0.2) is 0 Å². The van der Waals surface area contributed by atoms with Crippen LogP contribution in [0.4, 0.5) is 5.69 Å². The van der Waals surface area contributed by atoms with E-state index < -0.39 is 5.97 Å². The first-order valence-corrected chi connectivity index (χ1v) is 9.05. The summed E-state index contributed by atoms with van der Waals surface area (Å²) in [6.45, 7) is 2.07. The van der Waals surface area contributed by atoms with Gasteiger partial charge in [-0.1, -0.05) is 18.2 Å². The minimum absolute atomic E-state index is 0.112. The van der Waals surface area contributed by atoms with Gasteiger partial charge in [0.1, 0.15) is 5.75 Å². The number of hydrogen-bond donors (Lipinski definition) is 1. The van der Waals surface area contributed by atoms with Crippen LogP contribution in [0.25, 0.3) is 0 Å². The van der Waals surface area contributed by atoms with E-state index in [1.54, 1.807) is 38.3 Å². The second-order valence-corrected chi connectivity index (χ2v) is 6.18. The summed E-state index contributed by atoms with van der Waals surface area (Å²) < 4.78 is 10.1. The van der Waals surface area contributed by atoms with Gasteiger partial charge in [-0.3, -0.25) is 4.79 Å². The smallest absolute Gasteiger partial charge is 0.338 e. The Morgan fingerprint density at radius 1 is 1.12 bits per heavy atom. The number of rotatable bonds is 8. The van der Waals surface area contributed by atoms with Crippen molar-refractivity contribution < 1.29 is 19.1 Å². The predicted molar refractivity (Wildman–Crippen MR) is 100 cm³/mol. The number of carbonyl (C=O) groups excluding carboxylic acids is 2. The van der Waals surface area contributed by atoms with Gasteiger partial charge in [-0.2, -0.15) is 0 Å². The van der Waals surface area contributed by atoms with Crippen LogP contribution in [0, 0.1) is 0 Å². The van der Waals surface area contributed by atoms with E-state index in [1.807, 2.05) is 24.3 Å². The van der Waals surface area contributed by atoms with E-state index in [1.165, 1.54) is 11.8 Å². The lowest BCUT2D eigenvalue weighted by molar-refractivity contribution is -0.113. The van der Waals surface area contributed by atoms with Crippen LogP contribution in [0.5, 0.6) is 5.75 Å². The summed E-state index contributed by atoms with van der Waals surface area (Å²) >= 11 is 1.52. The maximum Gasteiger partial charge on any atom is 0.338 e. The molecule has 0 saturated carbocycles. The number of carbonyl (C=O) groups is 2. The van der Waals surface area contributed by atoms with Crippen molar-refractivity contribution in [2.75, 3.05) is 24.8 Å². The molecule has 0 heterocycles. The molecule has 0 atom stereocenters. The Morgan fingerprint density at radius 3 is 2.56 bits per heavy atom. The van der Waals surface area contributed by atoms with Gasteiger partial charge < -0.3 is 14.8 Å². The van der Waals surface area contributed by atoms with Gasteiger partial charge in [-0.05, 0) is 42.8 Å². The molecule has 1 N–H and O–H groups in total. The molecule has 0 aliphatic carbocycles. The number of thioether (sulfide) groups is 1. The van der Waals surface area contributed by atoms with Crippen LogP contribution in [-0.2, 0) is 15.3 Å². The van der Waals surface area contributed by atoms with E-state index in [0.717, 1.165) is 17.1 Å². The average Bonchev–Trinajstić information content (AvgIpc) is 2.62. The van der Waals surface area contributed by atoms with Gasteiger partial charge in [-0.15, -0.1) is 11.8 Å². The topological polar surface area (TPSA) is 64.6 Å². The molecule has 2 aromatic carbocycles. The van der Waals surface area contributed by atoms with Crippen molar-refractivity contribution in [1.29, 1.82) is 0 Å². The highest BCUT2D eigenvalue weighted by Gasteiger charge is 2.08.